The number of carboxylic acid groups (broad SMARTS) is 1. The fourth-order valence-corrected chi connectivity index (χ4v) is 2.49. The van der Waals surface area contributed by atoms with Crippen molar-refractivity contribution < 1.29 is 14.3 Å². The summed E-state index contributed by atoms with van der Waals surface area (Å²) in [6.45, 7) is 0.474. The van der Waals surface area contributed by atoms with Crippen LogP contribution in [0.2, 0.25) is 0 Å². The zero-order valence-electron chi connectivity index (χ0n) is 10.3. The van der Waals surface area contributed by atoms with Crippen LogP contribution in [-0.2, 0) is 0 Å². The van der Waals surface area contributed by atoms with Gasteiger partial charge in [0.2, 0.25) is 0 Å². The molecule has 1 saturated heterocycles. The molecule has 0 spiro atoms. The lowest BCUT2D eigenvalue weighted by Gasteiger charge is -2.38. The minimum Gasteiger partial charge on any atom is -0.465 e. The van der Waals surface area contributed by atoms with Gasteiger partial charge in [0, 0.05) is 12.6 Å². The van der Waals surface area contributed by atoms with Crippen molar-refractivity contribution in [1.82, 2.24) is 10.2 Å². The van der Waals surface area contributed by atoms with E-state index < -0.39 is 6.09 Å². The van der Waals surface area contributed by atoms with E-state index in [-0.39, 0.29) is 17.9 Å². The van der Waals surface area contributed by atoms with Gasteiger partial charge >= 0.3 is 6.09 Å². The van der Waals surface area contributed by atoms with E-state index in [0.29, 0.717) is 13.0 Å². The summed E-state index contributed by atoms with van der Waals surface area (Å²) in [6, 6.07) is 6.18. The molecule has 1 aliphatic heterocycles. The highest BCUT2D eigenvalue weighted by molar-refractivity contribution is 5.66. The van der Waals surface area contributed by atoms with Gasteiger partial charge in [0.15, 0.2) is 0 Å². The minimum absolute atomic E-state index is 0.272. The van der Waals surface area contributed by atoms with E-state index in [4.69, 9.17) is 0 Å². The van der Waals surface area contributed by atoms with Crippen molar-refractivity contribution in [3.8, 4) is 0 Å². The molecule has 0 bridgehead atoms. The second kappa shape index (κ2) is 5.35. The molecular formula is C13H17FN2O2. The topological polar surface area (TPSA) is 52.6 Å². The third-order valence-corrected chi connectivity index (χ3v) is 3.49. The molecule has 1 aromatic carbocycles. The largest absolute Gasteiger partial charge is 0.465 e. The van der Waals surface area contributed by atoms with Gasteiger partial charge in [-0.2, -0.15) is 0 Å². The van der Waals surface area contributed by atoms with E-state index in [1.807, 2.05) is 7.05 Å². The van der Waals surface area contributed by atoms with Crippen molar-refractivity contribution >= 4 is 6.09 Å². The summed E-state index contributed by atoms with van der Waals surface area (Å²) in [7, 11) is 1.86. The van der Waals surface area contributed by atoms with Gasteiger partial charge in [-0.15, -0.1) is 0 Å². The molecule has 0 saturated carbocycles. The first-order chi connectivity index (χ1) is 8.61. The first-order valence-corrected chi connectivity index (χ1v) is 6.04. The summed E-state index contributed by atoms with van der Waals surface area (Å²) in [5.41, 5.74) is 0.720. The number of piperidine rings is 1. The fourth-order valence-electron chi connectivity index (χ4n) is 2.49. The molecule has 1 fully saturated rings. The van der Waals surface area contributed by atoms with Gasteiger partial charge in [-0.1, -0.05) is 12.1 Å². The first kappa shape index (κ1) is 12.8. The highest BCUT2D eigenvalue weighted by Gasteiger charge is 2.32. The molecule has 1 unspecified atom stereocenters. The third-order valence-electron chi connectivity index (χ3n) is 3.49. The molecule has 4 nitrogen and oxygen atoms in total. The minimum atomic E-state index is -0.946. The Morgan fingerprint density at radius 2 is 2.33 bits per heavy atom. The van der Waals surface area contributed by atoms with Crippen LogP contribution >= 0.6 is 0 Å². The van der Waals surface area contributed by atoms with Crippen LogP contribution in [0.25, 0.3) is 0 Å². The molecule has 5 heteroatoms. The van der Waals surface area contributed by atoms with Gasteiger partial charge in [0.05, 0.1) is 6.04 Å². The van der Waals surface area contributed by atoms with Gasteiger partial charge < -0.3 is 15.3 Å². The van der Waals surface area contributed by atoms with Gasteiger partial charge in [-0.3, -0.25) is 0 Å². The van der Waals surface area contributed by atoms with E-state index in [1.165, 1.54) is 17.0 Å². The quantitative estimate of drug-likeness (QED) is 0.848. The zero-order chi connectivity index (χ0) is 13.1. The number of rotatable bonds is 2. The summed E-state index contributed by atoms with van der Waals surface area (Å²) >= 11 is 0. The molecule has 0 aliphatic carbocycles. The van der Waals surface area contributed by atoms with Crippen LogP contribution in [0.1, 0.15) is 24.4 Å². The average molecular weight is 252 g/mol. The zero-order valence-corrected chi connectivity index (χ0v) is 10.3. The fraction of sp³-hybridized carbons (Fsp3) is 0.462. The van der Waals surface area contributed by atoms with Crippen LogP contribution in [0.5, 0.6) is 0 Å². The standard InChI is InChI=1S/C13H17FN2O2/c1-15-11-5-6-16(13(17)18)12(8-11)9-3-2-4-10(14)7-9/h2-4,7,11-12,15H,5-6,8H2,1H3,(H,17,18)/t11?,12-/m0/s1. The van der Waals surface area contributed by atoms with Crippen molar-refractivity contribution in [2.45, 2.75) is 24.9 Å². The molecule has 0 aromatic heterocycles. The summed E-state index contributed by atoms with van der Waals surface area (Å²) in [4.78, 5) is 12.6. The van der Waals surface area contributed by atoms with Crippen molar-refractivity contribution in [3.05, 3.63) is 35.6 Å². The van der Waals surface area contributed by atoms with Crippen LogP contribution in [0.4, 0.5) is 9.18 Å². The summed E-state index contributed by atoms with van der Waals surface area (Å²) < 4.78 is 13.2. The van der Waals surface area contributed by atoms with E-state index in [1.54, 1.807) is 12.1 Å². The predicted octanol–water partition coefficient (Wildman–Crippen LogP) is 2.23. The lowest BCUT2D eigenvalue weighted by molar-refractivity contribution is 0.0974. The molecule has 2 atom stereocenters. The monoisotopic (exact) mass is 252 g/mol. The Balaban J connectivity index is 2.27. The highest BCUT2D eigenvalue weighted by Crippen LogP contribution is 2.31. The number of benzene rings is 1. The molecule has 2 rings (SSSR count). The first-order valence-electron chi connectivity index (χ1n) is 6.04. The van der Waals surface area contributed by atoms with Crippen LogP contribution in [0.3, 0.4) is 0 Å². The van der Waals surface area contributed by atoms with E-state index in [2.05, 4.69) is 5.32 Å². The summed E-state index contributed by atoms with van der Waals surface area (Å²) in [5.74, 6) is -0.329. The van der Waals surface area contributed by atoms with Crippen LogP contribution in [0, 0.1) is 5.82 Å². The third kappa shape index (κ3) is 2.61. The summed E-state index contributed by atoms with van der Waals surface area (Å²) in [5, 5.41) is 12.4. The Kier molecular flexibility index (Phi) is 3.81. The second-order valence-corrected chi connectivity index (χ2v) is 4.56. The van der Waals surface area contributed by atoms with Crippen LogP contribution < -0.4 is 5.32 Å². The number of nitrogens with zero attached hydrogens (tertiary/aromatic N) is 1. The average Bonchev–Trinajstić information content (AvgIpc) is 2.38. The lowest BCUT2D eigenvalue weighted by atomic mass is 9.92. The van der Waals surface area contributed by atoms with Gasteiger partial charge in [0.1, 0.15) is 5.82 Å². The normalized spacial score (nSPS) is 24.0. The van der Waals surface area contributed by atoms with Gasteiger partial charge in [-0.05, 0) is 37.6 Å². The molecule has 1 aliphatic rings. The number of halogens is 1. The number of nitrogens with one attached hydrogen (secondary N) is 1. The second-order valence-electron chi connectivity index (χ2n) is 4.56. The number of hydrogen-bond donors (Lipinski definition) is 2. The number of carbonyl (C=O) groups is 1. The molecule has 1 heterocycles. The maximum atomic E-state index is 13.2. The maximum absolute atomic E-state index is 13.2. The van der Waals surface area contributed by atoms with Crippen molar-refractivity contribution in [2.75, 3.05) is 13.6 Å². The Bertz CT molecular complexity index is 439. The molecular weight excluding hydrogens is 235 g/mol. The summed E-state index contributed by atoms with van der Waals surface area (Å²) in [6.07, 6.45) is 0.514. The Labute approximate surface area is 105 Å². The van der Waals surface area contributed by atoms with Crippen molar-refractivity contribution in [3.63, 3.8) is 0 Å². The van der Waals surface area contributed by atoms with E-state index in [9.17, 15) is 14.3 Å². The molecule has 98 valence electrons. The Morgan fingerprint density at radius 1 is 1.56 bits per heavy atom. The number of amides is 1. The SMILES string of the molecule is CNC1CCN(C(=O)O)[C@H](c2cccc(F)c2)C1. The Morgan fingerprint density at radius 3 is 2.94 bits per heavy atom. The van der Waals surface area contributed by atoms with Gasteiger partial charge in [-0.25, -0.2) is 9.18 Å². The number of hydrogen-bond acceptors (Lipinski definition) is 2. The highest BCUT2D eigenvalue weighted by atomic mass is 19.1. The number of likely N-dealkylation sites (tertiary alicyclic amines) is 1. The van der Waals surface area contributed by atoms with Crippen LogP contribution in [-0.4, -0.2) is 35.7 Å². The molecule has 1 amide bonds. The molecule has 1 aromatic rings. The molecule has 0 radical (unpaired) electrons. The lowest BCUT2D eigenvalue weighted by Crippen LogP contribution is -2.45. The molecule has 18 heavy (non-hydrogen) atoms. The maximum Gasteiger partial charge on any atom is 0.407 e. The van der Waals surface area contributed by atoms with Crippen molar-refractivity contribution in [2.24, 2.45) is 0 Å². The van der Waals surface area contributed by atoms with Crippen molar-refractivity contribution in [1.29, 1.82) is 0 Å². The van der Waals surface area contributed by atoms with Gasteiger partial charge in [0.25, 0.3) is 0 Å². The smallest absolute Gasteiger partial charge is 0.407 e. The Hall–Kier alpha value is -1.62. The molecule has 2 N–H and O–H groups in total. The van der Waals surface area contributed by atoms with E-state index >= 15 is 0 Å². The van der Waals surface area contributed by atoms with Crippen LogP contribution in [0.15, 0.2) is 24.3 Å². The van der Waals surface area contributed by atoms with E-state index in [0.717, 1.165) is 12.0 Å². The predicted molar refractivity (Wildman–Crippen MR) is 66.0 cm³/mol.